The van der Waals surface area contributed by atoms with Gasteiger partial charge in [-0.15, -0.1) is 0 Å². The van der Waals surface area contributed by atoms with Crippen molar-refractivity contribution < 1.29 is 52.5 Å². The fraction of sp³-hybridized carbons (Fsp3) is 0.635. The number of hydrogen-bond acceptors (Lipinski definition) is 11. The molecule has 0 radical (unpaired) electrons. The Morgan fingerprint density at radius 1 is 0.370 bits per heavy atom. The molecule has 7 fully saturated rings. The monoisotopic (exact) mass is 1780 g/mol. The van der Waals surface area contributed by atoms with Crippen LogP contribution in [0.4, 0.5) is 0 Å². The largest absolute Gasteiger partial charge is 0.494 e. The van der Waals surface area contributed by atoms with Crippen LogP contribution in [0.1, 0.15) is 330 Å². The normalized spacial score (nSPS) is 39.0. The first-order chi connectivity index (χ1) is 59.8. The smallest absolute Gasteiger partial charge is 0.143 e. The molecule has 0 N–H and O–H groups in total. The molecule has 25 rings (SSSR count). The number of ketones is 6. The van der Waals surface area contributed by atoms with Crippen molar-refractivity contribution in [3.05, 3.63) is 204 Å². The van der Waals surface area contributed by atoms with E-state index >= 15 is 0 Å². The minimum Gasteiger partial charge on any atom is -0.494 e. The molecule has 13 atom stereocenters. The van der Waals surface area contributed by atoms with Crippen LogP contribution in [-0.4, -0.2) is 89.2 Å². The molecule has 0 aromatic heterocycles. The molecule has 11 nitrogen and oxygen atoms in total. The summed E-state index contributed by atoms with van der Waals surface area (Å²) in [6.45, 7) is 32.0. The van der Waals surface area contributed by atoms with Crippen molar-refractivity contribution in [1.29, 1.82) is 0 Å². The molecule has 24 aliphatic carbocycles. The maximum absolute atomic E-state index is 14.4. The van der Waals surface area contributed by atoms with Gasteiger partial charge < -0.3 is 18.9 Å². The summed E-state index contributed by atoms with van der Waals surface area (Å²) in [5.74, 6) is 4.79. The predicted molar refractivity (Wildman–Crippen MR) is 505 cm³/mol. The zero-order valence-electron chi connectivity index (χ0n) is 77.7. The summed E-state index contributed by atoms with van der Waals surface area (Å²) in [6.07, 6.45) is 64.7. The number of ether oxygens (including phenoxy) is 5. The summed E-state index contributed by atoms with van der Waals surface area (Å²) in [7, 11) is 0. The van der Waals surface area contributed by atoms with Gasteiger partial charge in [0.05, 0.1) is 22.9 Å². The molecule has 0 saturated heterocycles. The van der Waals surface area contributed by atoms with Gasteiger partial charge in [0.25, 0.3) is 6.48 Å². The third-order valence-corrected chi connectivity index (χ3v) is 42.0. The molecule has 8 spiro atoms. The Morgan fingerprint density at radius 3 is 1.15 bits per heavy atom. The van der Waals surface area contributed by atoms with E-state index < -0.39 is 6.48 Å². The van der Waals surface area contributed by atoms with E-state index in [1.807, 2.05) is 39.0 Å². The van der Waals surface area contributed by atoms with Crippen LogP contribution in [0.2, 0.25) is 4.82 Å². The number of allylic oxidation sites excluding steroid dienone is 28. The second kappa shape index (κ2) is 30.7. The van der Waals surface area contributed by atoms with Crippen LogP contribution in [0.3, 0.4) is 0 Å². The van der Waals surface area contributed by atoms with Gasteiger partial charge in [-0.1, -0.05) is 109 Å². The fourth-order valence-electron chi connectivity index (χ4n) is 32.3. The standard InChI is InChI=1S/C32H36O2Se.C26H32O2.C24H28O2.C24H26O2.C7H16O3.2CH4/c1-4-34-21-10-14-30(3)24-12-15-32-25(23(24)19-31(16-17-31)27(30)18-21)11-13-29(32,2)20-26(28(32)33)35-22-8-6-5-7-9-22;1-4-28-17-5-11-24(3)19-7-12-26-20(6-9-23(26,2)10-8-22(26)27)18(19)16-25(13-14-25)21(24)15-17;2*1-21-7-4-18-16-14-23(11-12-23)19-13-15(25)3-9-22(19,2)17(16)5-10-24(18,21)20(26)6-8-21;1-4-8-7(9-5-2)10-6-3;;/h5-11,18,26H,4,12-17,19-20H2,1-3H3;5-6,15H,4,7-14,16H2,1-3H3;4,13H,3,5-12,14H2,1-2H3;4,6,8,13H,3,5,7,9-12,14H2,1-2H3;7H,4-6H2,1-3H3;2*1H4/t26?,29-,30?,32?;23-,24?,26?;2*21-,22?,24?;;;/m0000.../s1. The van der Waals surface area contributed by atoms with E-state index in [-0.39, 0.29) is 110 Å². The molecule has 1 aromatic carbocycles. The maximum Gasteiger partial charge on any atom is 0.143 e. The van der Waals surface area contributed by atoms with Crippen LogP contribution in [0.5, 0.6) is 0 Å². The molecule has 24 aliphatic rings. The first-order valence-electron chi connectivity index (χ1n) is 49.6. The van der Waals surface area contributed by atoms with E-state index in [4.69, 9.17) is 23.7 Å². The first-order valence-corrected chi connectivity index (χ1v) is 51.4. The summed E-state index contributed by atoms with van der Waals surface area (Å²) in [5, 5.41) is 0. The van der Waals surface area contributed by atoms with Crippen molar-refractivity contribution in [3.63, 3.8) is 0 Å². The van der Waals surface area contributed by atoms with Crippen LogP contribution in [0.25, 0.3) is 0 Å². The molecule has 0 aliphatic heterocycles. The zero-order chi connectivity index (χ0) is 87.1. The van der Waals surface area contributed by atoms with Gasteiger partial charge in [0.15, 0.2) is 17.3 Å². The molecule has 9 unspecified atom stereocenters. The second-order valence-corrected chi connectivity index (χ2v) is 48.0. The number of benzene rings is 1. The van der Waals surface area contributed by atoms with Gasteiger partial charge in [-0.05, 0) is 279 Å². The van der Waals surface area contributed by atoms with Crippen molar-refractivity contribution in [2.75, 3.05) is 33.0 Å². The Balaban J connectivity index is 0.000000107. The van der Waals surface area contributed by atoms with E-state index in [9.17, 15) is 28.8 Å². The predicted octanol–water partition coefficient (Wildman–Crippen LogP) is 25.7. The summed E-state index contributed by atoms with van der Waals surface area (Å²) < 4.78 is 28.5. The van der Waals surface area contributed by atoms with Gasteiger partial charge in [0.2, 0.25) is 0 Å². The number of hydrogen-bond donors (Lipinski definition) is 0. The SMILES string of the molecule is C.C.CC12CCC(=O)C=C1C1(CC1)CC1=C2CCC23C(=O)C=C[C@]2(C)CC=C13.CC12CCC(=O)C=C1C1(CC1)CC1=C2CCC23C(=O)CC[C@]2(C)CC=C13.CCOC(OCC)OCC.CCOC1=CCC2(C)C(=C1)C1(CC1)CC1=C2CCC23C(=O)C([Se]c4ccccc4)C[C@]2(C)CC=C13.CCOC1=CCC2(C)C(=C1)C1(CC1)CC1=C2CCC23C(=O)CC[C@]2(C)CC=C13. The number of Topliss-reactive ketones (excluding diaryl/α,β-unsaturated/α-hetero) is 3. The number of carbonyl (C=O) groups is 6. The average molecular weight is 1780 g/mol. The molecular formula is C115H146O11Se. The molecular weight excluding hydrogens is 1640 g/mol. The maximum atomic E-state index is 14.4. The van der Waals surface area contributed by atoms with Crippen LogP contribution in [0, 0.1) is 86.6 Å². The van der Waals surface area contributed by atoms with Gasteiger partial charge in [-0.25, -0.2) is 0 Å². The summed E-state index contributed by atoms with van der Waals surface area (Å²) >= 11 is 0.218. The van der Waals surface area contributed by atoms with Gasteiger partial charge in [0, 0.05) is 67.2 Å². The third kappa shape index (κ3) is 12.4. The van der Waals surface area contributed by atoms with Crippen molar-refractivity contribution >= 4 is 54.1 Å². The van der Waals surface area contributed by atoms with Crippen molar-refractivity contribution in [2.24, 2.45) is 86.6 Å². The molecule has 0 amide bonds. The zero-order valence-corrected chi connectivity index (χ0v) is 79.4. The van der Waals surface area contributed by atoms with E-state index in [1.54, 1.807) is 50.2 Å². The summed E-state index contributed by atoms with van der Waals surface area (Å²) in [4.78, 5) is 78.5. The minimum atomic E-state index is -0.472. The summed E-state index contributed by atoms with van der Waals surface area (Å²) in [5.41, 5.74) is 25.7. The first kappa shape index (κ1) is 89.6. The summed E-state index contributed by atoms with van der Waals surface area (Å²) in [6, 6.07) is 10.8. The molecule has 0 bridgehead atoms. The van der Waals surface area contributed by atoms with Crippen LogP contribution in [0.15, 0.2) is 204 Å². The number of fused-ring (bicyclic) bond motifs is 16. The molecule has 7 saturated carbocycles. The molecule has 0 heterocycles. The number of rotatable bonds is 12. The van der Waals surface area contributed by atoms with Gasteiger partial charge in [0.1, 0.15) is 17.3 Å². The van der Waals surface area contributed by atoms with E-state index in [0.717, 1.165) is 179 Å². The van der Waals surface area contributed by atoms with Crippen molar-refractivity contribution in [3.8, 4) is 0 Å². The van der Waals surface area contributed by atoms with Crippen LogP contribution in [-0.2, 0) is 52.5 Å². The Labute approximate surface area is 766 Å². The molecule has 127 heavy (non-hydrogen) atoms. The molecule has 12 heteroatoms. The third-order valence-electron chi connectivity index (χ3n) is 39.5. The topological polar surface area (TPSA) is 149 Å². The average Bonchev–Trinajstić information content (AvgIpc) is 1.53. The Hall–Kier alpha value is -6.66. The van der Waals surface area contributed by atoms with E-state index in [1.165, 1.54) is 101 Å². The van der Waals surface area contributed by atoms with E-state index in [2.05, 4.69) is 154 Å². The van der Waals surface area contributed by atoms with Gasteiger partial charge in [-0.2, -0.15) is 0 Å². The Bertz CT molecular complexity index is 5330. The minimum absolute atomic E-state index is 0. The second-order valence-electron chi connectivity index (χ2n) is 45.3. The van der Waals surface area contributed by atoms with E-state index in [0.29, 0.717) is 78.2 Å². The van der Waals surface area contributed by atoms with Crippen molar-refractivity contribution in [2.45, 2.75) is 341 Å². The van der Waals surface area contributed by atoms with Crippen LogP contribution >= 0.6 is 0 Å². The van der Waals surface area contributed by atoms with Crippen LogP contribution < -0.4 is 4.46 Å². The van der Waals surface area contributed by atoms with Crippen molar-refractivity contribution in [1.82, 2.24) is 0 Å². The Kier molecular flexibility index (Phi) is 21.6. The van der Waals surface area contributed by atoms with Gasteiger partial charge in [-0.3, -0.25) is 24.0 Å². The quantitative estimate of drug-likeness (QED) is 0.145. The number of carbonyl (C=O) groups excluding carboxylic acids is 6. The molecule has 1 aromatic rings. The van der Waals surface area contributed by atoms with Gasteiger partial charge >= 0.3 is 210 Å². The molecule has 678 valence electrons. The Morgan fingerprint density at radius 2 is 0.740 bits per heavy atom. The fourth-order valence-corrected chi connectivity index (χ4v) is 35.2.